The molecular weight excluding hydrogens is 472 g/mol. The number of hydrogen-bond donors (Lipinski definition) is 2. The molecule has 0 aliphatic heterocycles. The molecule has 37 heavy (non-hydrogen) atoms. The Balaban J connectivity index is 1.25. The zero-order valence-corrected chi connectivity index (χ0v) is 20.4. The van der Waals surface area contributed by atoms with Gasteiger partial charge in [-0.2, -0.15) is 5.10 Å². The number of rotatable bonds is 9. The molecule has 0 saturated carbocycles. The molecule has 0 spiro atoms. The maximum Gasteiger partial charge on any atom is 0.310 e. The molecule has 2 amide bonds. The summed E-state index contributed by atoms with van der Waals surface area (Å²) in [5, 5.41) is 4.37. The molecule has 0 aliphatic carbocycles. The summed E-state index contributed by atoms with van der Waals surface area (Å²) in [6.07, 6.45) is 0. The summed E-state index contributed by atoms with van der Waals surface area (Å²) < 4.78 is 12.8. The van der Waals surface area contributed by atoms with E-state index in [4.69, 9.17) is 9.47 Å². The van der Waals surface area contributed by atoms with Gasteiger partial charge < -0.3 is 9.47 Å². The molecule has 0 saturated heterocycles. The summed E-state index contributed by atoms with van der Waals surface area (Å²) >= 11 is 0. The van der Waals surface area contributed by atoms with Crippen molar-refractivity contribution in [3.63, 3.8) is 0 Å². The standard InChI is InChI=1S/C28H26N4O5/c1-19-26(20(2)32(31-19)22-11-7-4-8-12-22)27(34)28(35)30-29-25(33)18-37-24-15-13-23(14-16-24)36-17-21-9-5-3-6-10-21/h3-16H,17-18H2,1-2H3,(H,29,33)(H,30,35). The summed E-state index contributed by atoms with van der Waals surface area (Å²) in [7, 11) is 0. The molecule has 0 fully saturated rings. The molecule has 0 atom stereocenters. The van der Waals surface area contributed by atoms with E-state index in [-0.39, 0.29) is 12.2 Å². The summed E-state index contributed by atoms with van der Waals surface area (Å²) in [6.45, 7) is 3.44. The van der Waals surface area contributed by atoms with Crippen LogP contribution >= 0.6 is 0 Å². The summed E-state index contributed by atoms with van der Waals surface area (Å²) in [5.74, 6) is -1.30. The molecular formula is C28H26N4O5. The van der Waals surface area contributed by atoms with E-state index in [0.29, 0.717) is 29.5 Å². The second-order valence-corrected chi connectivity index (χ2v) is 8.16. The minimum absolute atomic E-state index is 0.182. The third kappa shape index (κ3) is 6.40. The lowest BCUT2D eigenvalue weighted by Crippen LogP contribution is -2.46. The molecule has 1 aromatic heterocycles. The minimum Gasteiger partial charge on any atom is -0.489 e. The van der Waals surface area contributed by atoms with Crippen LogP contribution in [0.2, 0.25) is 0 Å². The van der Waals surface area contributed by atoms with E-state index in [9.17, 15) is 14.4 Å². The van der Waals surface area contributed by atoms with Crippen LogP contribution in [0.15, 0.2) is 84.9 Å². The monoisotopic (exact) mass is 498 g/mol. The number of hydrazine groups is 1. The van der Waals surface area contributed by atoms with Gasteiger partial charge in [-0.15, -0.1) is 0 Å². The van der Waals surface area contributed by atoms with E-state index in [0.717, 1.165) is 11.3 Å². The van der Waals surface area contributed by atoms with Gasteiger partial charge in [-0.25, -0.2) is 4.68 Å². The van der Waals surface area contributed by atoms with Gasteiger partial charge in [-0.3, -0.25) is 25.2 Å². The molecule has 4 rings (SSSR count). The lowest BCUT2D eigenvalue weighted by atomic mass is 10.1. The van der Waals surface area contributed by atoms with Crippen molar-refractivity contribution in [2.75, 3.05) is 6.61 Å². The van der Waals surface area contributed by atoms with Crippen LogP contribution in [0.3, 0.4) is 0 Å². The maximum atomic E-state index is 12.7. The van der Waals surface area contributed by atoms with Gasteiger partial charge in [-0.1, -0.05) is 48.5 Å². The van der Waals surface area contributed by atoms with Crippen LogP contribution in [0.25, 0.3) is 5.69 Å². The predicted molar refractivity (Wildman–Crippen MR) is 136 cm³/mol. The number of carbonyl (C=O) groups is 3. The third-order valence-corrected chi connectivity index (χ3v) is 5.48. The lowest BCUT2D eigenvalue weighted by molar-refractivity contribution is -0.128. The van der Waals surface area contributed by atoms with Crippen molar-refractivity contribution in [2.24, 2.45) is 0 Å². The molecule has 3 aromatic carbocycles. The van der Waals surface area contributed by atoms with Gasteiger partial charge in [0.15, 0.2) is 6.61 Å². The van der Waals surface area contributed by atoms with Crippen molar-refractivity contribution in [1.82, 2.24) is 20.6 Å². The molecule has 9 heteroatoms. The van der Waals surface area contributed by atoms with Gasteiger partial charge in [0.2, 0.25) is 0 Å². The fraction of sp³-hybridized carbons (Fsp3) is 0.143. The highest BCUT2D eigenvalue weighted by Crippen LogP contribution is 2.19. The second-order valence-electron chi connectivity index (χ2n) is 8.16. The van der Waals surface area contributed by atoms with Gasteiger partial charge in [0.1, 0.15) is 18.1 Å². The fourth-order valence-corrected chi connectivity index (χ4v) is 3.65. The van der Waals surface area contributed by atoms with Crippen LogP contribution in [0, 0.1) is 13.8 Å². The van der Waals surface area contributed by atoms with Crippen LogP contribution in [-0.2, 0) is 16.2 Å². The Morgan fingerprint density at radius 3 is 2.03 bits per heavy atom. The molecule has 0 unspecified atom stereocenters. The number of nitrogens with zero attached hydrogens (tertiary/aromatic N) is 2. The lowest BCUT2D eigenvalue weighted by Gasteiger charge is -2.10. The van der Waals surface area contributed by atoms with Gasteiger partial charge in [0.25, 0.3) is 11.7 Å². The van der Waals surface area contributed by atoms with Crippen LogP contribution < -0.4 is 20.3 Å². The van der Waals surface area contributed by atoms with Crippen molar-refractivity contribution in [1.29, 1.82) is 0 Å². The van der Waals surface area contributed by atoms with Crippen molar-refractivity contribution in [2.45, 2.75) is 20.5 Å². The molecule has 2 N–H and O–H groups in total. The fourth-order valence-electron chi connectivity index (χ4n) is 3.65. The van der Waals surface area contributed by atoms with Gasteiger partial charge in [0, 0.05) is 0 Å². The van der Waals surface area contributed by atoms with Gasteiger partial charge in [0.05, 0.1) is 22.6 Å². The van der Waals surface area contributed by atoms with E-state index >= 15 is 0 Å². The Bertz CT molecular complexity index is 1380. The summed E-state index contributed by atoms with van der Waals surface area (Å²) in [4.78, 5) is 37.3. The SMILES string of the molecule is Cc1nn(-c2ccccc2)c(C)c1C(=O)C(=O)NNC(=O)COc1ccc(OCc2ccccc2)cc1. The van der Waals surface area contributed by atoms with Crippen LogP contribution in [0.5, 0.6) is 11.5 Å². The number of aryl methyl sites for hydroxylation is 1. The first-order valence-electron chi connectivity index (χ1n) is 11.6. The number of amides is 2. The normalized spacial score (nSPS) is 10.4. The Hall–Kier alpha value is -4.92. The number of hydrogen-bond acceptors (Lipinski definition) is 6. The highest BCUT2D eigenvalue weighted by Gasteiger charge is 2.25. The molecule has 188 valence electrons. The molecule has 9 nitrogen and oxygen atoms in total. The smallest absolute Gasteiger partial charge is 0.310 e. The third-order valence-electron chi connectivity index (χ3n) is 5.48. The predicted octanol–water partition coefficient (Wildman–Crippen LogP) is 3.48. The number of Topliss-reactive ketones (excluding diaryl/α,β-unsaturated/α-hetero) is 1. The number of nitrogens with one attached hydrogen (secondary N) is 2. The first-order chi connectivity index (χ1) is 17.9. The van der Waals surface area contributed by atoms with E-state index in [1.165, 1.54) is 0 Å². The van der Waals surface area contributed by atoms with Crippen LogP contribution in [0.4, 0.5) is 0 Å². The Labute approximate surface area is 214 Å². The molecule has 1 heterocycles. The van der Waals surface area contributed by atoms with E-state index in [1.54, 1.807) is 42.8 Å². The van der Waals surface area contributed by atoms with Crippen molar-refractivity contribution >= 4 is 17.6 Å². The highest BCUT2D eigenvalue weighted by molar-refractivity contribution is 6.43. The Kier molecular flexibility index (Phi) is 7.95. The number of ether oxygens (including phenoxy) is 2. The summed E-state index contributed by atoms with van der Waals surface area (Å²) in [6, 6.07) is 25.9. The number of ketones is 1. The van der Waals surface area contributed by atoms with Crippen molar-refractivity contribution < 1.29 is 23.9 Å². The first kappa shape index (κ1) is 25.2. The average Bonchev–Trinajstić information content (AvgIpc) is 3.23. The number of para-hydroxylation sites is 1. The van der Waals surface area contributed by atoms with Crippen LogP contribution in [-0.4, -0.2) is 34.0 Å². The second kappa shape index (κ2) is 11.7. The molecule has 0 bridgehead atoms. The zero-order valence-electron chi connectivity index (χ0n) is 20.4. The molecule has 0 aliphatic rings. The number of carbonyl (C=O) groups excluding carboxylic acids is 3. The number of aromatic nitrogens is 2. The largest absolute Gasteiger partial charge is 0.489 e. The minimum atomic E-state index is -0.980. The summed E-state index contributed by atoms with van der Waals surface area (Å²) in [5.41, 5.74) is 7.26. The number of benzene rings is 3. The highest BCUT2D eigenvalue weighted by atomic mass is 16.5. The zero-order chi connectivity index (χ0) is 26.2. The molecule has 0 radical (unpaired) electrons. The average molecular weight is 499 g/mol. The maximum absolute atomic E-state index is 12.7. The van der Waals surface area contributed by atoms with Crippen LogP contribution in [0.1, 0.15) is 27.3 Å². The van der Waals surface area contributed by atoms with Crippen molar-refractivity contribution in [3.8, 4) is 17.2 Å². The topological polar surface area (TPSA) is 112 Å². The van der Waals surface area contributed by atoms with Gasteiger partial charge in [-0.05, 0) is 55.8 Å². The molecule has 4 aromatic rings. The van der Waals surface area contributed by atoms with E-state index < -0.39 is 17.6 Å². The van der Waals surface area contributed by atoms with E-state index in [1.807, 2.05) is 60.7 Å². The first-order valence-corrected chi connectivity index (χ1v) is 11.6. The van der Waals surface area contributed by atoms with Crippen molar-refractivity contribution in [3.05, 3.63) is 107 Å². The van der Waals surface area contributed by atoms with E-state index in [2.05, 4.69) is 16.0 Å². The Morgan fingerprint density at radius 2 is 1.38 bits per heavy atom. The Morgan fingerprint density at radius 1 is 0.784 bits per heavy atom. The quantitative estimate of drug-likeness (QED) is 0.208. The van der Waals surface area contributed by atoms with Gasteiger partial charge >= 0.3 is 5.91 Å².